The van der Waals surface area contributed by atoms with Crippen LogP contribution >= 0.6 is 34.5 Å². The van der Waals surface area contributed by atoms with E-state index in [-0.39, 0.29) is 6.10 Å². The molecular weight excluding hydrogens is 487 g/mol. The molecular formula is C26H24Cl2N4OS. The van der Waals surface area contributed by atoms with Crippen molar-refractivity contribution in [1.29, 1.82) is 0 Å². The third-order valence-corrected chi connectivity index (χ3v) is 9.19. The second kappa shape index (κ2) is 8.23. The Morgan fingerprint density at radius 1 is 1.03 bits per heavy atom. The van der Waals surface area contributed by atoms with Gasteiger partial charge in [0, 0.05) is 18.5 Å². The largest absolute Gasteiger partial charge is 0.371 e. The first-order chi connectivity index (χ1) is 16.7. The molecule has 0 N–H and O–H groups in total. The van der Waals surface area contributed by atoms with Gasteiger partial charge in [-0.25, -0.2) is 9.67 Å². The smallest absolute Gasteiger partial charge is 0.186 e. The van der Waals surface area contributed by atoms with Gasteiger partial charge in [-0.2, -0.15) is 5.10 Å². The Balaban J connectivity index is 1.10. The van der Waals surface area contributed by atoms with Crippen molar-refractivity contribution in [2.24, 2.45) is 5.92 Å². The number of piperidine rings is 1. The van der Waals surface area contributed by atoms with Crippen LogP contribution in [-0.4, -0.2) is 33.5 Å². The lowest BCUT2D eigenvalue weighted by Crippen LogP contribution is -2.38. The molecule has 3 fully saturated rings. The van der Waals surface area contributed by atoms with E-state index < -0.39 is 0 Å². The molecule has 4 aromatic rings. The summed E-state index contributed by atoms with van der Waals surface area (Å²) in [7, 11) is 0. The molecule has 3 heterocycles. The van der Waals surface area contributed by atoms with Crippen molar-refractivity contribution in [3.05, 3.63) is 70.0 Å². The number of hydrogen-bond donors (Lipinski definition) is 0. The van der Waals surface area contributed by atoms with Crippen LogP contribution in [0.5, 0.6) is 0 Å². The first-order valence-electron chi connectivity index (χ1n) is 11.9. The Hall–Kier alpha value is -2.12. The second-order valence-electron chi connectivity index (χ2n) is 9.65. The molecule has 2 aliphatic carbocycles. The van der Waals surface area contributed by atoms with Crippen LogP contribution in [0.4, 0.5) is 5.13 Å². The van der Waals surface area contributed by atoms with Crippen molar-refractivity contribution in [2.45, 2.75) is 50.4 Å². The number of aromatic nitrogens is 3. The van der Waals surface area contributed by atoms with E-state index in [1.165, 1.54) is 29.5 Å². The van der Waals surface area contributed by atoms with Crippen LogP contribution in [0.2, 0.25) is 10.0 Å². The lowest BCUT2D eigenvalue weighted by atomic mass is 10.1. The molecule has 0 amide bonds. The van der Waals surface area contributed by atoms with Crippen molar-refractivity contribution in [3.63, 3.8) is 0 Å². The molecule has 1 saturated heterocycles. The van der Waals surface area contributed by atoms with E-state index in [9.17, 15) is 0 Å². The molecule has 5 nitrogen and oxygen atoms in total. The topological polar surface area (TPSA) is 43.2 Å². The number of para-hydroxylation sites is 2. The predicted molar refractivity (Wildman–Crippen MR) is 138 cm³/mol. The summed E-state index contributed by atoms with van der Waals surface area (Å²) < 4.78 is 9.75. The zero-order valence-electron chi connectivity index (χ0n) is 18.5. The molecule has 1 aliphatic heterocycles. The number of halogens is 2. The van der Waals surface area contributed by atoms with E-state index in [4.69, 9.17) is 32.9 Å². The normalized spacial score (nSPS) is 23.9. The molecule has 2 aromatic heterocycles. The second-order valence-corrected chi connectivity index (χ2v) is 11.5. The fourth-order valence-electron chi connectivity index (χ4n) is 5.66. The summed E-state index contributed by atoms with van der Waals surface area (Å²) in [6, 6.07) is 14.5. The summed E-state index contributed by atoms with van der Waals surface area (Å²) in [4.78, 5) is 7.39. The summed E-state index contributed by atoms with van der Waals surface area (Å²) >= 11 is 14.9. The van der Waals surface area contributed by atoms with Crippen LogP contribution in [-0.2, 0) is 11.3 Å². The van der Waals surface area contributed by atoms with Crippen LogP contribution in [0, 0.1) is 5.92 Å². The maximum Gasteiger partial charge on any atom is 0.186 e. The molecule has 0 radical (unpaired) electrons. The van der Waals surface area contributed by atoms with E-state index in [1.54, 1.807) is 11.3 Å². The van der Waals surface area contributed by atoms with Crippen LogP contribution in [0.3, 0.4) is 0 Å². The maximum absolute atomic E-state index is 6.59. The molecule has 7 rings (SSSR count). The summed E-state index contributed by atoms with van der Waals surface area (Å²) in [6.45, 7) is 1.54. The fraction of sp³-hybridized carbons (Fsp3) is 0.385. The average Bonchev–Trinajstić information content (AvgIpc) is 3.17. The van der Waals surface area contributed by atoms with Crippen molar-refractivity contribution >= 4 is 49.9 Å². The first kappa shape index (κ1) is 21.2. The lowest BCUT2D eigenvalue weighted by Gasteiger charge is -2.31. The average molecular weight is 511 g/mol. The minimum Gasteiger partial charge on any atom is -0.371 e. The predicted octanol–water partition coefficient (Wildman–Crippen LogP) is 6.85. The highest BCUT2D eigenvalue weighted by Crippen LogP contribution is 2.46. The van der Waals surface area contributed by atoms with Crippen LogP contribution in [0.25, 0.3) is 15.9 Å². The number of hydrogen-bond acceptors (Lipinski definition) is 5. The Labute approximate surface area is 212 Å². The number of fused-ring (bicyclic) bond motifs is 3. The van der Waals surface area contributed by atoms with Gasteiger partial charge in [0.25, 0.3) is 0 Å². The van der Waals surface area contributed by atoms with Gasteiger partial charge in [-0.1, -0.05) is 52.7 Å². The van der Waals surface area contributed by atoms with Crippen molar-refractivity contribution < 1.29 is 4.74 Å². The maximum atomic E-state index is 6.59. The molecule has 3 atom stereocenters. The molecule has 2 saturated carbocycles. The molecule has 34 heavy (non-hydrogen) atoms. The molecule has 2 aromatic carbocycles. The lowest BCUT2D eigenvalue weighted by molar-refractivity contribution is 0.00993. The summed E-state index contributed by atoms with van der Waals surface area (Å²) in [5.74, 6) is 1.10. The minimum absolute atomic E-state index is 0.257. The van der Waals surface area contributed by atoms with E-state index in [0.29, 0.717) is 34.5 Å². The first-order valence-corrected chi connectivity index (χ1v) is 13.5. The fourth-order valence-corrected chi connectivity index (χ4v) is 7.27. The van der Waals surface area contributed by atoms with Crippen LogP contribution in [0.15, 0.2) is 48.7 Å². The zero-order valence-corrected chi connectivity index (χ0v) is 20.9. The van der Waals surface area contributed by atoms with Gasteiger partial charge in [-0.05, 0) is 61.4 Å². The number of thiazole rings is 1. The highest BCUT2D eigenvalue weighted by Gasteiger charge is 2.46. The van der Waals surface area contributed by atoms with Gasteiger partial charge < -0.3 is 9.64 Å². The highest BCUT2D eigenvalue weighted by molar-refractivity contribution is 7.22. The highest BCUT2D eigenvalue weighted by atomic mass is 35.5. The third kappa shape index (κ3) is 3.54. The van der Waals surface area contributed by atoms with Crippen molar-refractivity contribution in [3.8, 4) is 5.69 Å². The monoisotopic (exact) mass is 510 g/mol. The van der Waals surface area contributed by atoms with Gasteiger partial charge in [-0.15, -0.1) is 0 Å². The molecule has 8 heteroatoms. The van der Waals surface area contributed by atoms with Crippen molar-refractivity contribution in [1.82, 2.24) is 14.8 Å². The molecule has 0 spiro atoms. The summed E-state index contributed by atoms with van der Waals surface area (Å²) in [6.07, 6.45) is 6.87. The quantitative estimate of drug-likeness (QED) is 0.284. The molecule has 174 valence electrons. The summed E-state index contributed by atoms with van der Waals surface area (Å²) in [5, 5.41) is 7.04. The van der Waals surface area contributed by atoms with Gasteiger partial charge in [0.05, 0.1) is 44.9 Å². The zero-order chi connectivity index (χ0) is 22.8. The van der Waals surface area contributed by atoms with E-state index in [1.807, 2.05) is 29.1 Å². The van der Waals surface area contributed by atoms with E-state index >= 15 is 0 Å². The van der Waals surface area contributed by atoms with Gasteiger partial charge in [-0.3, -0.25) is 0 Å². The van der Waals surface area contributed by atoms with Crippen LogP contribution < -0.4 is 4.90 Å². The minimum atomic E-state index is 0.257. The third-order valence-electron chi connectivity index (χ3n) is 7.51. The number of rotatable bonds is 6. The Kier molecular flexibility index (Phi) is 5.13. The standard InChI is InChI=1S/C26H24Cl2N4OS/c27-19-4-3-5-20(28)25(19)32-22(18(12-29-32)15-8-9-15)14-33-23-11-17-10-16(23)13-31(17)26-30-21-6-1-2-7-24(21)34-26/h1-7,12,15-17,23H,8-11,13-14H2/t16-,17-,23+/m0/s1. The van der Waals surface area contributed by atoms with Gasteiger partial charge in [0.15, 0.2) is 5.13 Å². The SMILES string of the molecule is Clc1cccc(Cl)c1-n1ncc(C2CC2)c1CO[C@@H]1C[C@@H]2C[C@H]1CN2c1nc2ccccc2s1. The summed E-state index contributed by atoms with van der Waals surface area (Å²) in [5.41, 5.74) is 4.20. The number of anilines is 1. The molecule has 0 unspecified atom stereocenters. The Morgan fingerprint density at radius 2 is 1.85 bits per heavy atom. The van der Waals surface area contributed by atoms with E-state index in [0.717, 1.165) is 35.0 Å². The van der Waals surface area contributed by atoms with Crippen molar-refractivity contribution in [2.75, 3.05) is 11.4 Å². The van der Waals surface area contributed by atoms with Gasteiger partial charge in [0.2, 0.25) is 0 Å². The van der Waals surface area contributed by atoms with Gasteiger partial charge in [0.1, 0.15) is 5.69 Å². The Morgan fingerprint density at radius 3 is 2.59 bits per heavy atom. The number of benzene rings is 2. The number of nitrogens with zero attached hydrogens (tertiary/aromatic N) is 4. The van der Waals surface area contributed by atoms with Gasteiger partial charge >= 0.3 is 0 Å². The van der Waals surface area contributed by atoms with Crippen LogP contribution in [0.1, 0.15) is 42.9 Å². The van der Waals surface area contributed by atoms with E-state index in [2.05, 4.69) is 34.3 Å². The molecule has 2 bridgehead atoms. The Bertz CT molecular complexity index is 1330. The number of ether oxygens (including phenoxy) is 1. The molecule has 3 aliphatic rings.